The van der Waals surface area contributed by atoms with Crippen molar-refractivity contribution in [2.75, 3.05) is 6.54 Å². The van der Waals surface area contributed by atoms with E-state index < -0.39 is 0 Å². The van der Waals surface area contributed by atoms with Crippen LogP contribution in [0.3, 0.4) is 0 Å². The fourth-order valence-electron chi connectivity index (χ4n) is 2.82. The number of unbranched alkanes of at least 4 members (excludes halogenated alkanes) is 3. The van der Waals surface area contributed by atoms with Crippen LogP contribution in [0, 0.1) is 5.92 Å². The highest BCUT2D eigenvalue weighted by Gasteiger charge is 2.34. The molecule has 0 bridgehead atoms. The number of amides is 1. The number of hydrogen-bond acceptors (Lipinski definition) is 2. The van der Waals surface area contributed by atoms with Crippen LogP contribution in [0.2, 0.25) is 0 Å². The van der Waals surface area contributed by atoms with Crippen molar-refractivity contribution in [1.29, 1.82) is 0 Å². The van der Waals surface area contributed by atoms with E-state index in [2.05, 4.69) is 31.0 Å². The van der Waals surface area contributed by atoms with Gasteiger partial charge in [0.15, 0.2) is 0 Å². The van der Waals surface area contributed by atoms with Crippen molar-refractivity contribution in [1.82, 2.24) is 10.2 Å². The monoisotopic (exact) mass is 268 g/mol. The first-order valence-corrected chi connectivity index (χ1v) is 8.12. The standard InChI is InChI=1S/C16H32N2O/c1-5-10-15-17-14(4)16(19)18(15)12-9-7-6-8-11-13(2)3/h13-15,17H,5-12H2,1-4H3. The van der Waals surface area contributed by atoms with Gasteiger partial charge in [-0.05, 0) is 25.7 Å². The van der Waals surface area contributed by atoms with Crippen LogP contribution >= 0.6 is 0 Å². The van der Waals surface area contributed by atoms with Gasteiger partial charge in [0.1, 0.15) is 0 Å². The second kappa shape index (κ2) is 8.57. The Morgan fingerprint density at radius 1 is 1.21 bits per heavy atom. The first-order chi connectivity index (χ1) is 9.06. The van der Waals surface area contributed by atoms with E-state index in [1.165, 1.54) is 25.7 Å². The molecule has 0 aromatic rings. The van der Waals surface area contributed by atoms with Crippen LogP contribution in [0.15, 0.2) is 0 Å². The molecule has 0 spiro atoms. The fraction of sp³-hybridized carbons (Fsp3) is 0.938. The van der Waals surface area contributed by atoms with Gasteiger partial charge in [0, 0.05) is 6.54 Å². The number of nitrogens with zero attached hydrogens (tertiary/aromatic N) is 1. The van der Waals surface area contributed by atoms with E-state index >= 15 is 0 Å². The van der Waals surface area contributed by atoms with E-state index in [1.807, 2.05) is 6.92 Å². The largest absolute Gasteiger partial charge is 0.326 e. The maximum absolute atomic E-state index is 12.1. The van der Waals surface area contributed by atoms with E-state index in [4.69, 9.17) is 0 Å². The lowest BCUT2D eigenvalue weighted by atomic mass is 10.0. The SMILES string of the molecule is CCCC1NC(C)C(=O)N1CCCCCCC(C)C. The Morgan fingerprint density at radius 2 is 1.89 bits per heavy atom. The molecule has 1 aliphatic rings. The number of rotatable bonds is 9. The maximum Gasteiger partial charge on any atom is 0.240 e. The molecule has 0 aliphatic carbocycles. The van der Waals surface area contributed by atoms with Gasteiger partial charge in [0.2, 0.25) is 5.91 Å². The van der Waals surface area contributed by atoms with Crippen molar-refractivity contribution < 1.29 is 4.79 Å². The zero-order chi connectivity index (χ0) is 14.3. The van der Waals surface area contributed by atoms with Crippen molar-refractivity contribution in [3.05, 3.63) is 0 Å². The van der Waals surface area contributed by atoms with Crippen molar-refractivity contribution in [2.24, 2.45) is 5.92 Å². The van der Waals surface area contributed by atoms with Gasteiger partial charge in [-0.2, -0.15) is 0 Å². The van der Waals surface area contributed by atoms with Crippen molar-refractivity contribution >= 4 is 5.91 Å². The molecule has 3 heteroatoms. The fourth-order valence-corrected chi connectivity index (χ4v) is 2.82. The van der Waals surface area contributed by atoms with E-state index in [1.54, 1.807) is 0 Å². The predicted octanol–water partition coefficient (Wildman–Crippen LogP) is 3.54. The van der Waals surface area contributed by atoms with Crippen LogP contribution in [0.5, 0.6) is 0 Å². The molecule has 2 atom stereocenters. The molecule has 1 saturated heterocycles. The van der Waals surface area contributed by atoms with Gasteiger partial charge in [-0.15, -0.1) is 0 Å². The van der Waals surface area contributed by atoms with Gasteiger partial charge in [-0.3, -0.25) is 10.1 Å². The van der Waals surface area contributed by atoms with Gasteiger partial charge >= 0.3 is 0 Å². The van der Waals surface area contributed by atoms with Gasteiger partial charge in [0.25, 0.3) is 0 Å². The highest BCUT2D eigenvalue weighted by molar-refractivity contribution is 5.83. The molecule has 1 aliphatic heterocycles. The first kappa shape index (κ1) is 16.5. The third kappa shape index (κ3) is 5.52. The third-order valence-electron chi connectivity index (χ3n) is 3.96. The zero-order valence-corrected chi connectivity index (χ0v) is 13.2. The predicted molar refractivity (Wildman–Crippen MR) is 80.9 cm³/mol. The molecule has 112 valence electrons. The first-order valence-electron chi connectivity index (χ1n) is 8.12. The zero-order valence-electron chi connectivity index (χ0n) is 13.2. The Kier molecular flexibility index (Phi) is 7.44. The Labute approximate surface area is 119 Å². The van der Waals surface area contributed by atoms with Crippen LogP contribution in [0.4, 0.5) is 0 Å². The summed E-state index contributed by atoms with van der Waals surface area (Å²) in [5.74, 6) is 1.11. The maximum atomic E-state index is 12.1. The van der Waals surface area contributed by atoms with Crippen LogP contribution in [-0.4, -0.2) is 29.6 Å². The molecule has 0 radical (unpaired) electrons. The summed E-state index contributed by atoms with van der Waals surface area (Å²) in [6.45, 7) is 9.66. The Balaban J connectivity index is 2.20. The van der Waals surface area contributed by atoms with Gasteiger partial charge in [-0.1, -0.05) is 52.9 Å². The van der Waals surface area contributed by atoms with Gasteiger partial charge in [-0.25, -0.2) is 0 Å². The molecule has 1 amide bonds. The summed E-state index contributed by atoms with van der Waals surface area (Å²) in [7, 11) is 0. The minimum atomic E-state index is 0.0116. The molecule has 1 fully saturated rings. The van der Waals surface area contributed by atoms with Crippen LogP contribution in [0.25, 0.3) is 0 Å². The van der Waals surface area contributed by atoms with Crippen molar-refractivity contribution in [3.8, 4) is 0 Å². The Bertz CT molecular complexity index is 265. The average Bonchev–Trinajstić information content (AvgIpc) is 2.61. The minimum absolute atomic E-state index is 0.0116. The second-order valence-electron chi connectivity index (χ2n) is 6.32. The summed E-state index contributed by atoms with van der Waals surface area (Å²) in [6, 6.07) is 0.0116. The molecule has 0 aromatic carbocycles. The Hall–Kier alpha value is -0.570. The summed E-state index contributed by atoms with van der Waals surface area (Å²) in [5, 5.41) is 3.40. The summed E-state index contributed by atoms with van der Waals surface area (Å²) in [5.41, 5.74) is 0. The average molecular weight is 268 g/mol. The summed E-state index contributed by atoms with van der Waals surface area (Å²) in [6.07, 6.45) is 8.86. The van der Waals surface area contributed by atoms with Crippen LogP contribution < -0.4 is 5.32 Å². The molecule has 0 saturated carbocycles. The molecule has 0 aromatic heterocycles. The van der Waals surface area contributed by atoms with Crippen LogP contribution in [0.1, 0.15) is 72.6 Å². The molecule has 1 N–H and O–H groups in total. The minimum Gasteiger partial charge on any atom is -0.326 e. The molecule has 1 heterocycles. The number of carbonyl (C=O) groups is 1. The van der Waals surface area contributed by atoms with Crippen LogP contribution in [-0.2, 0) is 4.79 Å². The lowest BCUT2D eigenvalue weighted by molar-refractivity contribution is -0.129. The quantitative estimate of drug-likeness (QED) is 0.649. The summed E-state index contributed by atoms with van der Waals surface area (Å²) >= 11 is 0. The smallest absolute Gasteiger partial charge is 0.240 e. The lowest BCUT2D eigenvalue weighted by Gasteiger charge is -2.23. The summed E-state index contributed by atoms with van der Waals surface area (Å²) < 4.78 is 0. The van der Waals surface area contributed by atoms with E-state index in [9.17, 15) is 4.79 Å². The molecule has 3 nitrogen and oxygen atoms in total. The number of carbonyl (C=O) groups excluding carboxylic acids is 1. The normalized spacial score (nSPS) is 23.6. The second-order valence-corrected chi connectivity index (χ2v) is 6.32. The third-order valence-corrected chi connectivity index (χ3v) is 3.96. The molecular weight excluding hydrogens is 236 g/mol. The topological polar surface area (TPSA) is 32.3 Å². The lowest BCUT2D eigenvalue weighted by Crippen LogP contribution is -2.37. The van der Waals surface area contributed by atoms with E-state index in [0.717, 1.165) is 31.7 Å². The molecular formula is C16H32N2O. The Morgan fingerprint density at radius 3 is 2.53 bits per heavy atom. The van der Waals surface area contributed by atoms with Crippen molar-refractivity contribution in [2.45, 2.75) is 84.8 Å². The molecule has 19 heavy (non-hydrogen) atoms. The molecule has 2 unspecified atom stereocenters. The van der Waals surface area contributed by atoms with Gasteiger partial charge < -0.3 is 4.90 Å². The van der Waals surface area contributed by atoms with E-state index in [0.29, 0.717) is 5.91 Å². The molecule has 1 rings (SSSR count). The highest BCUT2D eigenvalue weighted by Crippen LogP contribution is 2.17. The number of nitrogens with one attached hydrogen (secondary N) is 1. The van der Waals surface area contributed by atoms with Gasteiger partial charge in [0.05, 0.1) is 12.2 Å². The van der Waals surface area contributed by atoms with Crippen molar-refractivity contribution in [3.63, 3.8) is 0 Å². The number of hydrogen-bond donors (Lipinski definition) is 1. The summed E-state index contributed by atoms with van der Waals surface area (Å²) in [4.78, 5) is 14.1. The van der Waals surface area contributed by atoms with E-state index in [-0.39, 0.29) is 12.2 Å². The highest BCUT2D eigenvalue weighted by atomic mass is 16.2.